The number of carboxylic acid groups (broad SMARTS) is 2. The lowest BCUT2D eigenvalue weighted by Gasteiger charge is -2.06. The summed E-state index contributed by atoms with van der Waals surface area (Å²) < 4.78 is 0. The van der Waals surface area contributed by atoms with E-state index in [-0.39, 0.29) is 34.5 Å². The van der Waals surface area contributed by atoms with E-state index in [1.807, 2.05) is 0 Å². The molecular weight excluding hydrogens is 338 g/mol. The number of carboxylic acids is 2. The van der Waals surface area contributed by atoms with Crippen LogP contribution in [0.15, 0.2) is 71.1 Å². The van der Waals surface area contributed by atoms with Crippen LogP contribution in [0.5, 0.6) is 0 Å². The van der Waals surface area contributed by atoms with Gasteiger partial charge >= 0.3 is 11.9 Å². The van der Waals surface area contributed by atoms with Crippen molar-refractivity contribution in [3.05, 3.63) is 71.1 Å². The zero-order valence-corrected chi connectivity index (χ0v) is 14.4. The summed E-state index contributed by atoms with van der Waals surface area (Å²) in [5.74, 6) is -2.32. The molecule has 0 aromatic carbocycles. The van der Waals surface area contributed by atoms with Crippen molar-refractivity contribution < 1.29 is 24.6 Å². The van der Waals surface area contributed by atoms with E-state index in [4.69, 9.17) is 27.4 Å². The van der Waals surface area contributed by atoms with Gasteiger partial charge in [0, 0.05) is 11.6 Å². The summed E-state index contributed by atoms with van der Waals surface area (Å²) in [5, 5.41) is 17.8. The Bertz CT molecular complexity index is 727. The Morgan fingerprint density at radius 3 is 2.04 bits per heavy atom. The fourth-order valence-corrected chi connectivity index (χ4v) is 1.72. The summed E-state index contributed by atoms with van der Waals surface area (Å²) in [6, 6.07) is -0.654. The van der Waals surface area contributed by atoms with E-state index >= 15 is 0 Å². The molecule has 140 valence electrons. The molecule has 0 aromatic rings. The minimum absolute atomic E-state index is 0.00498. The monoisotopic (exact) mass is 361 g/mol. The highest BCUT2D eigenvalue weighted by Gasteiger charge is 2.07. The Kier molecular flexibility index (Phi) is 9.75. The molecule has 0 spiro atoms. The van der Waals surface area contributed by atoms with Crippen LogP contribution in [0.3, 0.4) is 0 Å². The summed E-state index contributed by atoms with van der Waals surface area (Å²) in [6.45, 7) is 4.91. The van der Waals surface area contributed by atoms with E-state index in [9.17, 15) is 14.4 Å². The molecule has 0 aromatic heterocycles. The molecule has 0 rings (SSSR count). The lowest BCUT2D eigenvalue weighted by Crippen LogP contribution is -2.18. The molecule has 0 radical (unpaired) electrons. The van der Waals surface area contributed by atoms with Gasteiger partial charge in [0.05, 0.1) is 22.5 Å². The maximum atomic E-state index is 11.1. The third-order valence-corrected chi connectivity index (χ3v) is 3.15. The first-order chi connectivity index (χ1) is 12.2. The second kappa shape index (κ2) is 11.2. The lowest BCUT2D eigenvalue weighted by molar-refractivity contribution is -0.133. The first-order valence-electron chi connectivity index (χ1n) is 7.49. The van der Waals surface area contributed by atoms with E-state index in [0.29, 0.717) is 6.29 Å². The molecule has 26 heavy (non-hydrogen) atoms. The van der Waals surface area contributed by atoms with Gasteiger partial charge in [-0.2, -0.15) is 0 Å². The number of hydrogen-bond donors (Lipinski definition) is 5. The van der Waals surface area contributed by atoms with Crippen LogP contribution in [-0.4, -0.2) is 34.5 Å². The molecule has 8 N–H and O–H groups in total. The molecule has 1 unspecified atom stereocenters. The summed E-state index contributed by atoms with van der Waals surface area (Å²) in [6.07, 6.45) is 8.42. The highest BCUT2D eigenvalue weighted by molar-refractivity contribution is 5.90. The van der Waals surface area contributed by atoms with Gasteiger partial charge in [-0.05, 0) is 25.5 Å². The number of hydrogen-bond acceptors (Lipinski definition) is 6. The number of aliphatic carboxylic acids is 2. The van der Waals surface area contributed by atoms with Gasteiger partial charge < -0.3 is 27.4 Å². The number of carbonyl (C=O) groups excluding carboxylic acids is 1. The van der Waals surface area contributed by atoms with E-state index in [1.54, 1.807) is 0 Å². The van der Waals surface area contributed by atoms with Crippen molar-refractivity contribution in [2.45, 2.75) is 19.4 Å². The van der Waals surface area contributed by atoms with Crippen LogP contribution >= 0.6 is 0 Å². The Morgan fingerprint density at radius 1 is 1.08 bits per heavy atom. The first-order valence-corrected chi connectivity index (χ1v) is 7.49. The van der Waals surface area contributed by atoms with Gasteiger partial charge in [-0.1, -0.05) is 30.9 Å². The second-order valence-electron chi connectivity index (χ2n) is 5.10. The summed E-state index contributed by atoms with van der Waals surface area (Å²) >= 11 is 0. The largest absolute Gasteiger partial charge is 0.478 e. The van der Waals surface area contributed by atoms with Crippen molar-refractivity contribution >= 4 is 18.2 Å². The summed E-state index contributed by atoms with van der Waals surface area (Å²) in [4.78, 5) is 33.0. The van der Waals surface area contributed by atoms with Crippen LogP contribution in [0.2, 0.25) is 0 Å². The Hall–Kier alpha value is -3.39. The molecule has 0 amide bonds. The van der Waals surface area contributed by atoms with E-state index in [1.165, 1.54) is 37.3 Å². The maximum absolute atomic E-state index is 11.1. The van der Waals surface area contributed by atoms with Gasteiger partial charge in [0.25, 0.3) is 0 Å². The molecule has 8 nitrogen and oxygen atoms in total. The maximum Gasteiger partial charge on any atom is 0.335 e. The minimum atomic E-state index is -1.16. The Balaban J connectivity index is 5.37. The van der Waals surface area contributed by atoms with Crippen molar-refractivity contribution in [1.82, 2.24) is 0 Å². The Labute approximate surface area is 151 Å². The topological polar surface area (TPSA) is 170 Å². The highest BCUT2D eigenvalue weighted by atomic mass is 16.4. The van der Waals surface area contributed by atoms with Crippen molar-refractivity contribution in [1.29, 1.82) is 0 Å². The third kappa shape index (κ3) is 7.93. The number of rotatable bonds is 10. The molecular formula is C18H23N3O5. The van der Waals surface area contributed by atoms with Gasteiger partial charge in [-0.15, -0.1) is 0 Å². The lowest BCUT2D eigenvalue weighted by atomic mass is 10.1. The molecule has 1 atom stereocenters. The number of nitrogens with two attached hydrogens (primary N) is 3. The van der Waals surface area contributed by atoms with Crippen LogP contribution < -0.4 is 17.2 Å². The summed E-state index contributed by atoms with van der Waals surface area (Å²) in [7, 11) is 0. The number of carbonyl (C=O) groups is 3. The molecule has 0 aliphatic carbocycles. The molecule has 0 saturated heterocycles. The predicted octanol–water partition coefficient (Wildman–Crippen LogP) is 0.742. The number of allylic oxidation sites excluding steroid dienone is 3. The average molecular weight is 361 g/mol. The van der Waals surface area contributed by atoms with Crippen molar-refractivity contribution in [3.8, 4) is 0 Å². The van der Waals surface area contributed by atoms with E-state index < -0.39 is 18.0 Å². The van der Waals surface area contributed by atoms with Gasteiger partial charge in [0.15, 0.2) is 0 Å². The average Bonchev–Trinajstić information content (AvgIpc) is 2.59. The molecule has 0 aliphatic rings. The van der Waals surface area contributed by atoms with Gasteiger partial charge in [-0.25, -0.2) is 9.59 Å². The second-order valence-corrected chi connectivity index (χ2v) is 5.10. The molecule has 0 saturated carbocycles. The Morgan fingerprint density at radius 2 is 1.62 bits per heavy atom. The van der Waals surface area contributed by atoms with Gasteiger partial charge in [-0.3, -0.25) is 4.79 Å². The van der Waals surface area contributed by atoms with Crippen molar-refractivity contribution in [3.63, 3.8) is 0 Å². The zero-order chi connectivity index (χ0) is 20.3. The number of aldehydes is 1. The van der Waals surface area contributed by atoms with Gasteiger partial charge in [0.2, 0.25) is 0 Å². The molecule has 0 aliphatic heterocycles. The highest BCUT2D eigenvalue weighted by Crippen LogP contribution is 2.08. The van der Waals surface area contributed by atoms with Crippen molar-refractivity contribution in [2.24, 2.45) is 17.2 Å². The fraction of sp³-hybridized carbons (Fsp3) is 0.167. The molecule has 8 heteroatoms. The van der Waals surface area contributed by atoms with Gasteiger partial charge in [0.1, 0.15) is 6.29 Å². The van der Waals surface area contributed by atoms with Crippen molar-refractivity contribution in [2.75, 3.05) is 0 Å². The molecule has 0 bridgehead atoms. The minimum Gasteiger partial charge on any atom is -0.478 e. The van der Waals surface area contributed by atoms with Crippen LogP contribution in [0, 0.1) is 0 Å². The quantitative estimate of drug-likeness (QED) is 0.215. The van der Waals surface area contributed by atoms with E-state index in [0.717, 1.165) is 6.08 Å². The van der Waals surface area contributed by atoms with Crippen LogP contribution in [0.25, 0.3) is 0 Å². The normalized spacial score (nSPS) is 15.4. The molecule has 0 heterocycles. The smallest absolute Gasteiger partial charge is 0.335 e. The third-order valence-electron chi connectivity index (χ3n) is 3.15. The van der Waals surface area contributed by atoms with Crippen LogP contribution in [0.1, 0.15) is 13.3 Å². The zero-order valence-electron chi connectivity index (χ0n) is 14.4. The van der Waals surface area contributed by atoms with E-state index in [2.05, 4.69) is 6.58 Å². The fourth-order valence-electron chi connectivity index (χ4n) is 1.72. The predicted molar refractivity (Wildman–Crippen MR) is 98.6 cm³/mol. The first kappa shape index (κ1) is 22.6. The van der Waals surface area contributed by atoms with Crippen LogP contribution in [0.4, 0.5) is 0 Å². The standard InChI is InChI=1S/C18H23N3O5/c1-3-12(17(23)24)8-14(19)6-5-11(10-22)7-15(20)16(21)9-13(4-2)18(25)26/h3-5,7-10,14H,1,6,19-21H2,2H3,(H,23,24)(H,25,26)/b11-5+,12-8+,13-4+,15-7-,16-9-. The SMILES string of the molecule is C=C/C(=C\C(N)C\C=C(C=O)/C=C(N)/C(N)=C/C(=C\C)C(=O)O)C(=O)O. The van der Waals surface area contributed by atoms with Crippen LogP contribution in [-0.2, 0) is 14.4 Å². The molecule has 0 fully saturated rings. The summed E-state index contributed by atoms with van der Waals surface area (Å²) in [5.41, 5.74) is 17.3.